The summed E-state index contributed by atoms with van der Waals surface area (Å²) in [5.74, 6) is -0.382. The van der Waals surface area contributed by atoms with Crippen molar-refractivity contribution in [2.24, 2.45) is 0 Å². The molecule has 0 spiro atoms. The molecule has 0 unspecified atom stereocenters. The van der Waals surface area contributed by atoms with Crippen molar-refractivity contribution < 1.29 is 36.2 Å². The van der Waals surface area contributed by atoms with Crippen LogP contribution in [0.3, 0.4) is 0 Å². The summed E-state index contributed by atoms with van der Waals surface area (Å²) in [5.41, 5.74) is 4.54. The van der Waals surface area contributed by atoms with Crippen LogP contribution in [0.2, 0.25) is 0 Å². The van der Waals surface area contributed by atoms with E-state index in [4.69, 9.17) is 5.11 Å². The number of methoxy groups -OCH3 is 1. The average Bonchev–Trinajstić information content (AvgIpc) is 2.80. The van der Waals surface area contributed by atoms with Crippen LogP contribution in [0.25, 0.3) is 0 Å². The number of ether oxygens (including phenoxy) is 1. The quantitative estimate of drug-likeness (QED) is 0.492. The van der Waals surface area contributed by atoms with E-state index in [9.17, 15) is 4.79 Å². The van der Waals surface area contributed by atoms with E-state index in [0.717, 1.165) is 11.3 Å². The van der Waals surface area contributed by atoms with Gasteiger partial charge in [0.2, 0.25) is 5.51 Å². The van der Waals surface area contributed by atoms with Gasteiger partial charge in [-0.3, -0.25) is 4.98 Å². The molecule has 2 aromatic heterocycles. The number of pyridine rings is 1. The minimum atomic E-state index is -0.382. The van der Waals surface area contributed by atoms with E-state index < -0.39 is 0 Å². The van der Waals surface area contributed by atoms with Gasteiger partial charge in [-0.05, 0) is 6.07 Å². The van der Waals surface area contributed by atoms with Gasteiger partial charge in [0.1, 0.15) is 0 Å². The molecule has 0 aliphatic heterocycles. The molecule has 2 heterocycles. The maximum absolute atomic E-state index is 11.5. The van der Waals surface area contributed by atoms with Gasteiger partial charge in [-0.15, -0.1) is 0 Å². The van der Waals surface area contributed by atoms with Gasteiger partial charge >= 0.3 is 5.97 Å². The Hall–Kier alpha value is -1.31. The van der Waals surface area contributed by atoms with E-state index >= 15 is 0 Å². The smallest absolute Gasteiger partial charge is 0.339 e. The van der Waals surface area contributed by atoms with Crippen LogP contribution >= 0.6 is 11.3 Å². The summed E-state index contributed by atoms with van der Waals surface area (Å²) in [6, 6.07) is 1.79. The summed E-state index contributed by atoms with van der Waals surface area (Å²) in [7, 11) is 1.36. The minimum absolute atomic E-state index is 0. The van der Waals surface area contributed by atoms with Crippen LogP contribution in [-0.2, 0) is 17.7 Å². The zero-order valence-corrected chi connectivity index (χ0v) is 14.3. The highest BCUT2D eigenvalue weighted by Gasteiger charge is 2.16. The molecule has 0 aliphatic rings. The third-order valence-corrected chi connectivity index (χ3v) is 4.21. The Morgan fingerprint density at radius 3 is 2.90 bits per heavy atom. The summed E-state index contributed by atoms with van der Waals surface area (Å²) in [6.07, 6.45) is 3.91. The number of aromatic nitrogens is 2. The molecule has 0 radical (unpaired) electrons. The number of carbonyl (C=O) groups is 1. The molecule has 0 saturated heterocycles. The van der Waals surface area contributed by atoms with Gasteiger partial charge in [-0.25, -0.2) is 4.79 Å². The Labute approximate surface area is 138 Å². The normalized spacial score (nSPS) is 10.0. The standard InChI is InChI=1S/C14H17N2O3S.BrH/c1-10-13(3-4-17)20-9-16(10)8-11-5-12(7-15-6-11)14(18)19-2;/h5-7,9,17H,3-4,8H2,1-2H3;1H/q+1;/p-1. The summed E-state index contributed by atoms with van der Waals surface area (Å²) in [6.45, 7) is 2.82. The first-order valence-electron chi connectivity index (χ1n) is 6.25. The summed E-state index contributed by atoms with van der Waals surface area (Å²) >= 11 is 1.63. The maximum atomic E-state index is 11.5. The van der Waals surface area contributed by atoms with Gasteiger partial charge < -0.3 is 26.8 Å². The van der Waals surface area contributed by atoms with Crippen molar-refractivity contribution in [3.63, 3.8) is 0 Å². The van der Waals surface area contributed by atoms with E-state index in [0.29, 0.717) is 18.5 Å². The van der Waals surface area contributed by atoms with E-state index in [1.165, 1.54) is 18.2 Å². The lowest BCUT2D eigenvalue weighted by Crippen LogP contribution is -3.00. The van der Waals surface area contributed by atoms with Crippen molar-refractivity contribution in [2.45, 2.75) is 19.9 Å². The second-order valence-electron chi connectivity index (χ2n) is 4.41. The molecule has 0 fully saturated rings. The molecular weight excluding hydrogens is 356 g/mol. The Kier molecular flexibility index (Phi) is 6.94. The van der Waals surface area contributed by atoms with Gasteiger partial charge in [-0.2, -0.15) is 4.57 Å². The molecule has 0 aromatic carbocycles. The first-order chi connectivity index (χ1) is 9.65. The molecule has 5 nitrogen and oxygen atoms in total. The molecule has 0 aliphatic carbocycles. The Morgan fingerprint density at radius 1 is 1.48 bits per heavy atom. The van der Waals surface area contributed by atoms with Crippen molar-refractivity contribution in [1.29, 1.82) is 0 Å². The Bertz CT molecular complexity index is 616. The number of thiazole rings is 1. The second kappa shape index (κ2) is 8.21. The van der Waals surface area contributed by atoms with E-state index in [2.05, 4.69) is 14.3 Å². The first-order valence-corrected chi connectivity index (χ1v) is 7.13. The number of halogens is 1. The molecule has 2 aromatic rings. The largest absolute Gasteiger partial charge is 1.00 e. The van der Waals surface area contributed by atoms with Crippen LogP contribution in [0.4, 0.5) is 0 Å². The zero-order chi connectivity index (χ0) is 14.5. The van der Waals surface area contributed by atoms with Gasteiger partial charge in [-0.1, -0.05) is 11.3 Å². The van der Waals surface area contributed by atoms with Crippen molar-refractivity contribution in [3.8, 4) is 0 Å². The van der Waals surface area contributed by atoms with Crippen LogP contribution in [0.1, 0.15) is 26.5 Å². The maximum Gasteiger partial charge on any atom is 0.339 e. The number of hydrogen-bond acceptors (Lipinski definition) is 5. The molecule has 7 heteroatoms. The number of hydrogen-bond donors (Lipinski definition) is 1. The highest BCUT2D eigenvalue weighted by atomic mass is 79.9. The lowest BCUT2D eigenvalue weighted by molar-refractivity contribution is -0.689. The summed E-state index contributed by atoms with van der Waals surface area (Å²) in [4.78, 5) is 16.7. The molecular formula is C14H17BrN2O3S. The van der Waals surface area contributed by atoms with E-state index in [1.54, 1.807) is 23.6 Å². The highest BCUT2D eigenvalue weighted by Crippen LogP contribution is 2.12. The number of carbonyl (C=O) groups excluding carboxylic acids is 1. The SMILES string of the molecule is COC(=O)c1cncc(C[n+]2csc(CCO)c2C)c1.[Br-]. The third-order valence-electron chi connectivity index (χ3n) is 3.06. The third kappa shape index (κ3) is 4.33. The number of rotatable bonds is 5. The van der Waals surface area contributed by atoms with Crippen LogP contribution < -0.4 is 21.5 Å². The monoisotopic (exact) mass is 372 g/mol. The molecule has 2 rings (SSSR count). The lowest BCUT2D eigenvalue weighted by atomic mass is 10.2. The first kappa shape index (κ1) is 17.7. The lowest BCUT2D eigenvalue weighted by Gasteiger charge is -2.01. The van der Waals surface area contributed by atoms with E-state index in [1.807, 2.05) is 12.4 Å². The highest BCUT2D eigenvalue weighted by molar-refractivity contribution is 7.09. The van der Waals surface area contributed by atoms with Gasteiger partial charge in [0.05, 0.1) is 17.6 Å². The van der Waals surface area contributed by atoms with Crippen LogP contribution in [0.5, 0.6) is 0 Å². The van der Waals surface area contributed by atoms with Crippen molar-refractivity contribution in [2.75, 3.05) is 13.7 Å². The van der Waals surface area contributed by atoms with Gasteiger partial charge in [0.15, 0.2) is 12.2 Å². The predicted molar refractivity (Wildman–Crippen MR) is 74.7 cm³/mol. The Morgan fingerprint density at radius 2 is 2.24 bits per heavy atom. The average molecular weight is 373 g/mol. The molecule has 0 amide bonds. The number of aliphatic hydroxyl groups is 1. The minimum Gasteiger partial charge on any atom is -1.00 e. The molecule has 0 bridgehead atoms. The van der Waals surface area contributed by atoms with E-state index in [-0.39, 0.29) is 29.6 Å². The topological polar surface area (TPSA) is 63.3 Å². The van der Waals surface area contributed by atoms with Crippen LogP contribution in [0.15, 0.2) is 24.0 Å². The van der Waals surface area contributed by atoms with Crippen LogP contribution in [0, 0.1) is 6.92 Å². The second-order valence-corrected chi connectivity index (χ2v) is 5.35. The number of nitrogens with zero attached hydrogens (tertiary/aromatic N) is 2. The number of esters is 1. The fourth-order valence-corrected chi connectivity index (χ4v) is 2.93. The molecule has 0 atom stereocenters. The summed E-state index contributed by atoms with van der Waals surface area (Å²) in [5, 5.41) is 9.00. The van der Waals surface area contributed by atoms with Gasteiger partial charge in [0, 0.05) is 37.9 Å². The van der Waals surface area contributed by atoms with Crippen LogP contribution in [-0.4, -0.2) is 29.8 Å². The van der Waals surface area contributed by atoms with Gasteiger partial charge in [0.25, 0.3) is 0 Å². The Balaban J connectivity index is 0.00000220. The predicted octanol–water partition coefficient (Wildman–Crippen LogP) is -1.89. The van der Waals surface area contributed by atoms with Crippen molar-refractivity contribution in [3.05, 3.63) is 45.7 Å². The number of aliphatic hydroxyl groups excluding tert-OH is 1. The molecule has 21 heavy (non-hydrogen) atoms. The molecule has 114 valence electrons. The van der Waals surface area contributed by atoms with Crippen molar-refractivity contribution in [1.82, 2.24) is 4.98 Å². The summed E-state index contributed by atoms with van der Waals surface area (Å²) < 4.78 is 6.78. The molecule has 1 N–H and O–H groups in total. The molecule has 0 saturated carbocycles. The fourth-order valence-electron chi connectivity index (χ4n) is 1.95. The van der Waals surface area contributed by atoms with Crippen molar-refractivity contribution >= 4 is 17.3 Å². The fraction of sp³-hybridized carbons (Fsp3) is 0.357. The zero-order valence-electron chi connectivity index (χ0n) is 11.9.